The molecular weight excluding hydrogens is 453 g/mol. The Hall–Kier alpha value is -0.0900. The highest BCUT2D eigenvalue weighted by atomic mass is 127. The Labute approximate surface area is 170 Å². The number of guanidine groups is 1. The van der Waals surface area contributed by atoms with Crippen molar-refractivity contribution in [1.29, 1.82) is 0 Å². The molecule has 0 saturated heterocycles. The van der Waals surface area contributed by atoms with Gasteiger partial charge < -0.3 is 15.4 Å². The summed E-state index contributed by atoms with van der Waals surface area (Å²) in [6.07, 6.45) is 7.90. The van der Waals surface area contributed by atoms with Crippen molar-refractivity contribution in [1.82, 2.24) is 10.6 Å². The first-order valence-corrected chi connectivity index (χ1v) is 10.7. The van der Waals surface area contributed by atoms with Crippen LogP contribution in [-0.4, -0.2) is 57.7 Å². The lowest BCUT2D eigenvalue weighted by molar-refractivity contribution is 0.0468. The first kappa shape index (κ1) is 24.9. The molecule has 6 nitrogen and oxygen atoms in total. The molecule has 0 aromatic rings. The fourth-order valence-corrected chi connectivity index (χ4v) is 3.62. The van der Waals surface area contributed by atoms with Gasteiger partial charge in [0, 0.05) is 20.1 Å². The van der Waals surface area contributed by atoms with Gasteiger partial charge in [-0.3, -0.25) is 4.99 Å². The molecule has 0 bridgehead atoms. The molecule has 25 heavy (non-hydrogen) atoms. The van der Waals surface area contributed by atoms with Crippen LogP contribution in [0.1, 0.15) is 59.3 Å². The van der Waals surface area contributed by atoms with E-state index in [0.29, 0.717) is 31.8 Å². The first-order valence-electron chi connectivity index (χ1n) is 9.04. The predicted octanol–water partition coefficient (Wildman–Crippen LogP) is 2.72. The summed E-state index contributed by atoms with van der Waals surface area (Å²) >= 11 is 0. The summed E-state index contributed by atoms with van der Waals surface area (Å²) in [6.45, 7) is 6.83. The molecule has 0 spiro atoms. The van der Waals surface area contributed by atoms with E-state index in [4.69, 9.17) is 4.74 Å². The Morgan fingerprint density at radius 1 is 1.08 bits per heavy atom. The number of aliphatic imine (C=N–C) groups is 1. The molecule has 0 amide bonds. The number of ether oxygens (including phenoxy) is 1. The standard InChI is InChI=1S/C17H35N3O3S.HI/c1-17(2,3)24(21,22)14-12-20-16(18-4)19-11-13-23-15-9-7-5-6-8-10-15;/h15H,5-14H2,1-4H3,(H2,18,19,20);1H. The van der Waals surface area contributed by atoms with Crippen molar-refractivity contribution in [2.45, 2.75) is 70.1 Å². The zero-order chi connectivity index (χ0) is 18.1. The quantitative estimate of drug-likeness (QED) is 0.189. The molecule has 1 fully saturated rings. The Morgan fingerprint density at radius 3 is 2.16 bits per heavy atom. The first-order chi connectivity index (χ1) is 11.3. The number of halogens is 1. The number of hydrogen-bond acceptors (Lipinski definition) is 4. The Bertz CT molecular complexity index is 482. The number of nitrogens with zero attached hydrogens (tertiary/aromatic N) is 1. The molecule has 0 atom stereocenters. The minimum absolute atomic E-state index is 0. The molecule has 1 saturated carbocycles. The molecule has 8 heteroatoms. The van der Waals surface area contributed by atoms with E-state index in [-0.39, 0.29) is 29.7 Å². The van der Waals surface area contributed by atoms with E-state index < -0.39 is 14.6 Å². The molecule has 150 valence electrons. The van der Waals surface area contributed by atoms with Crippen LogP contribution in [0.25, 0.3) is 0 Å². The molecule has 0 unspecified atom stereocenters. The molecule has 2 N–H and O–H groups in total. The number of nitrogens with one attached hydrogen (secondary N) is 2. The van der Waals surface area contributed by atoms with Gasteiger partial charge in [0.25, 0.3) is 0 Å². The summed E-state index contributed by atoms with van der Waals surface area (Å²) in [5, 5.41) is 6.22. The highest BCUT2D eigenvalue weighted by Gasteiger charge is 2.28. The van der Waals surface area contributed by atoms with Crippen molar-refractivity contribution in [2.24, 2.45) is 4.99 Å². The van der Waals surface area contributed by atoms with Crippen molar-refractivity contribution < 1.29 is 13.2 Å². The van der Waals surface area contributed by atoms with Crippen LogP contribution < -0.4 is 10.6 Å². The maximum atomic E-state index is 12.1. The molecule has 1 aliphatic carbocycles. The number of rotatable bonds is 7. The molecule has 0 radical (unpaired) electrons. The average molecular weight is 489 g/mol. The maximum Gasteiger partial charge on any atom is 0.191 e. The molecule has 0 aromatic carbocycles. The second-order valence-electron chi connectivity index (χ2n) is 7.34. The smallest absolute Gasteiger partial charge is 0.191 e. The van der Waals surface area contributed by atoms with E-state index in [9.17, 15) is 8.42 Å². The average Bonchev–Trinajstić information content (AvgIpc) is 2.77. The Morgan fingerprint density at radius 2 is 1.64 bits per heavy atom. The van der Waals surface area contributed by atoms with Crippen molar-refractivity contribution in [3.05, 3.63) is 0 Å². The zero-order valence-electron chi connectivity index (χ0n) is 16.1. The molecule has 1 aliphatic rings. The van der Waals surface area contributed by atoms with Gasteiger partial charge in [-0.05, 0) is 33.6 Å². The van der Waals surface area contributed by atoms with Gasteiger partial charge in [-0.15, -0.1) is 24.0 Å². The highest BCUT2D eigenvalue weighted by Crippen LogP contribution is 2.19. The second kappa shape index (κ2) is 12.3. The van der Waals surface area contributed by atoms with Crippen LogP contribution in [-0.2, 0) is 14.6 Å². The van der Waals surface area contributed by atoms with E-state index >= 15 is 0 Å². The van der Waals surface area contributed by atoms with Crippen LogP contribution in [0.5, 0.6) is 0 Å². The third-order valence-electron chi connectivity index (χ3n) is 4.37. The summed E-state index contributed by atoms with van der Waals surface area (Å²) in [5.41, 5.74) is 0. The van der Waals surface area contributed by atoms with Gasteiger partial charge in [-0.2, -0.15) is 0 Å². The van der Waals surface area contributed by atoms with Gasteiger partial charge in [0.05, 0.1) is 23.2 Å². The fraction of sp³-hybridized carbons (Fsp3) is 0.941. The van der Waals surface area contributed by atoms with Gasteiger partial charge in [0.2, 0.25) is 0 Å². The van der Waals surface area contributed by atoms with Crippen LogP contribution in [0.3, 0.4) is 0 Å². The Balaban J connectivity index is 0.00000576. The van der Waals surface area contributed by atoms with Crippen molar-refractivity contribution in [3.63, 3.8) is 0 Å². The zero-order valence-corrected chi connectivity index (χ0v) is 19.3. The van der Waals surface area contributed by atoms with E-state index in [0.717, 1.165) is 12.8 Å². The summed E-state index contributed by atoms with van der Waals surface area (Å²) < 4.78 is 29.3. The molecule has 0 heterocycles. The maximum absolute atomic E-state index is 12.1. The SMILES string of the molecule is CN=C(NCCOC1CCCCCC1)NCCS(=O)(=O)C(C)(C)C.I. The van der Waals surface area contributed by atoms with Gasteiger partial charge in [-0.1, -0.05) is 25.7 Å². The Kier molecular flexibility index (Phi) is 12.3. The third kappa shape index (κ3) is 9.98. The topological polar surface area (TPSA) is 79.8 Å². The molecular formula is C17H36IN3O3S. The van der Waals surface area contributed by atoms with Crippen LogP contribution >= 0.6 is 24.0 Å². The van der Waals surface area contributed by atoms with Gasteiger partial charge >= 0.3 is 0 Å². The minimum atomic E-state index is -3.11. The van der Waals surface area contributed by atoms with Crippen LogP contribution in [0, 0.1) is 0 Å². The van der Waals surface area contributed by atoms with Gasteiger partial charge in [-0.25, -0.2) is 8.42 Å². The van der Waals surface area contributed by atoms with Gasteiger partial charge in [0.1, 0.15) is 0 Å². The van der Waals surface area contributed by atoms with Gasteiger partial charge in [0.15, 0.2) is 15.8 Å². The van der Waals surface area contributed by atoms with E-state index in [1.54, 1.807) is 27.8 Å². The third-order valence-corrected chi connectivity index (χ3v) is 6.98. The van der Waals surface area contributed by atoms with E-state index in [2.05, 4.69) is 15.6 Å². The fourth-order valence-electron chi connectivity index (χ4n) is 2.63. The monoisotopic (exact) mass is 489 g/mol. The highest BCUT2D eigenvalue weighted by molar-refractivity contribution is 14.0. The predicted molar refractivity (Wildman–Crippen MR) is 116 cm³/mol. The number of sulfone groups is 1. The minimum Gasteiger partial charge on any atom is -0.376 e. The largest absolute Gasteiger partial charge is 0.376 e. The summed E-state index contributed by atoms with van der Waals surface area (Å²) in [7, 11) is -1.43. The van der Waals surface area contributed by atoms with Crippen molar-refractivity contribution >= 4 is 39.8 Å². The summed E-state index contributed by atoms with van der Waals surface area (Å²) in [5.74, 6) is 0.707. The normalized spacial score (nSPS) is 17.5. The van der Waals surface area contributed by atoms with Crippen LogP contribution in [0.15, 0.2) is 4.99 Å². The summed E-state index contributed by atoms with van der Waals surface area (Å²) in [4.78, 5) is 4.11. The van der Waals surface area contributed by atoms with E-state index in [1.807, 2.05) is 0 Å². The van der Waals surface area contributed by atoms with E-state index in [1.165, 1.54) is 25.7 Å². The summed E-state index contributed by atoms with van der Waals surface area (Å²) in [6, 6.07) is 0. The van der Waals surface area contributed by atoms with Crippen LogP contribution in [0.4, 0.5) is 0 Å². The van der Waals surface area contributed by atoms with Crippen molar-refractivity contribution in [3.8, 4) is 0 Å². The lowest BCUT2D eigenvalue weighted by Crippen LogP contribution is -2.42. The second-order valence-corrected chi connectivity index (χ2v) is 10.2. The molecule has 0 aromatic heterocycles. The lowest BCUT2D eigenvalue weighted by atomic mass is 10.1. The molecule has 0 aliphatic heterocycles. The van der Waals surface area contributed by atoms with Crippen LogP contribution in [0.2, 0.25) is 0 Å². The number of hydrogen-bond donors (Lipinski definition) is 2. The lowest BCUT2D eigenvalue weighted by Gasteiger charge is -2.20. The van der Waals surface area contributed by atoms with Crippen molar-refractivity contribution in [2.75, 3.05) is 32.5 Å². The molecule has 1 rings (SSSR count).